The fraction of sp³-hybridized carbons (Fsp3) is 0.875. The van der Waals surface area contributed by atoms with E-state index in [0.29, 0.717) is 12.8 Å². The molecular weight excluding hydrogens is 542 g/mol. The number of aliphatic hydroxyl groups is 2. The first-order valence-corrected chi connectivity index (χ1v) is 19.5. The summed E-state index contributed by atoms with van der Waals surface area (Å²) >= 11 is 0. The van der Waals surface area contributed by atoms with Crippen LogP contribution in [0.2, 0.25) is 0 Å². The molecule has 0 aliphatic rings. The van der Waals surface area contributed by atoms with Gasteiger partial charge in [0.05, 0.1) is 18.8 Å². The summed E-state index contributed by atoms with van der Waals surface area (Å²) < 4.78 is 0. The summed E-state index contributed by atoms with van der Waals surface area (Å²) in [6.07, 6.45) is 45.2. The molecule has 0 fully saturated rings. The Morgan fingerprint density at radius 1 is 0.545 bits per heavy atom. The van der Waals surface area contributed by atoms with Crippen molar-refractivity contribution < 1.29 is 15.0 Å². The van der Waals surface area contributed by atoms with E-state index in [0.717, 1.165) is 32.1 Å². The van der Waals surface area contributed by atoms with Crippen LogP contribution in [0.4, 0.5) is 0 Å². The lowest BCUT2D eigenvalue weighted by Crippen LogP contribution is -2.45. The summed E-state index contributed by atoms with van der Waals surface area (Å²) in [5, 5.41) is 23.1. The molecule has 4 heteroatoms. The van der Waals surface area contributed by atoms with Crippen molar-refractivity contribution in [1.29, 1.82) is 0 Å². The summed E-state index contributed by atoms with van der Waals surface area (Å²) in [6, 6.07) is -0.535. The van der Waals surface area contributed by atoms with Gasteiger partial charge in [0, 0.05) is 6.42 Å². The average molecular weight is 620 g/mol. The molecule has 0 aromatic rings. The van der Waals surface area contributed by atoms with Crippen molar-refractivity contribution in [3.8, 4) is 0 Å². The van der Waals surface area contributed by atoms with Crippen LogP contribution in [0.25, 0.3) is 0 Å². The van der Waals surface area contributed by atoms with E-state index in [2.05, 4.69) is 43.5 Å². The molecular formula is C40H77NO3. The van der Waals surface area contributed by atoms with Gasteiger partial charge in [0.2, 0.25) is 5.91 Å². The van der Waals surface area contributed by atoms with Crippen molar-refractivity contribution >= 4 is 5.91 Å². The largest absolute Gasteiger partial charge is 0.394 e. The molecule has 0 saturated carbocycles. The molecule has 2 atom stereocenters. The van der Waals surface area contributed by atoms with Crippen molar-refractivity contribution in [3.63, 3.8) is 0 Å². The smallest absolute Gasteiger partial charge is 0.220 e. The molecule has 1 amide bonds. The van der Waals surface area contributed by atoms with Gasteiger partial charge >= 0.3 is 0 Å². The first-order valence-electron chi connectivity index (χ1n) is 19.5. The lowest BCUT2D eigenvalue weighted by Gasteiger charge is -2.22. The van der Waals surface area contributed by atoms with Crippen LogP contribution in [0.5, 0.6) is 0 Å². The van der Waals surface area contributed by atoms with Gasteiger partial charge in [-0.1, -0.05) is 179 Å². The number of rotatable bonds is 35. The molecule has 0 rings (SSSR count). The number of allylic oxidation sites excluding steroid dienone is 4. The zero-order chi connectivity index (χ0) is 32.2. The number of carbonyl (C=O) groups is 1. The minimum Gasteiger partial charge on any atom is -0.394 e. The van der Waals surface area contributed by atoms with Crippen molar-refractivity contribution in [1.82, 2.24) is 5.32 Å². The molecule has 0 radical (unpaired) electrons. The van der Waals surface area contributed by atoms with E-state index < -0.39 is 12.1 Å². The second-order valence-electron chi connectivity index (χ2n) is 13.4. The second-order valence-corrected chi connectivity index (χ2v) is 13.4. The SMILES string of the molecule is CCCCC/C=C\C/C=C\CCCCCCCCCCCC(=O)NC(CO)C(O)CCCCCCCCCCCCCCC. The summed E-state index contributed by atoms with van der Waals surface area (Å²) in [5.74, 6) is -0.0366. The Morgan fingerprint density at radius 3 is 1.41 bits per heavy atom. The molecule has 0 aromatic carbocycles. The fourth-order valence-corrected chi connectivity index (χ4v) is 5.92. The molecule has 4 nitrogen and oxygen atoms in total. The van der Waals surface area contributed by atoms with E-state index in [-0.39, 0.29) is 12.5 Å². The van der Waals surface area contributed by atoms with Crippen molar-refractivity contribution in [3.05, 3.63) is 24.3 Å². The predicted molar refractivity (Wildman–Crippen MR) is 193 cm³/mol. The van der Waals surface area contributed by atoms with Crippen LogP contribution in [0.15, 0.2) is 24.3 Å². The maximum Gasteiger partial charge on any atom is 0.220 e. The molecule has 0 aliphatic heterocycles. The van der Waals surface area contributed by atoms with Crippen LogP contribution >= 0.6 is 0 Å². The highest BCUT2D eigenvalue weighted by Crippen LogP contribution is 2.15. The predicted octanol–water partition coefficient (Wildman–Crippen LogP) is 11.7. The van der Waals surface area contributed by atoms with E-state index in [1.165, 1.54) is 148 Å². The van der Waals surface area contributed by atoms with E-state index in [9.17, 15) is 15.0 Å². The normalized spacial score (nSPS) is 13.3. The molecule has 2 unspecified atom stereocenters. The first kappa shape index (κ1) is 42.9. The molecule has 260 valence electrons. The van der Waals surface area contributed by atoms with Crippen molar-refractivity contribution in [2.24, 2.45) is 0 Å². The monoisotopic (exact) mass is 620 g/mol. The highest BCUT2D eigenvalue weighted by molar-refractivity contribution is 5.76. The van der Waals surface area contributed by atoms with E-state index >= 15 is 0 Å². The second kappa shape index (κ2) is 36.3. The summed E-state index contributed by atoms with van der Waals surface area (Å²) in [7, 11) is 0. The molecule has 0 bridgehead atoms. The Bertz CT molecular complexity index is 632. The van der Waals surface area contributed by atoms with E-state index in [1.54, 1.807) is 0 Å². The molecule has 0 heterocycles. The summed E-state index contributed by atoms with van der Waals surface area (Å²) in [6.45, 7) is 4.33. The average Bonchev–Trinajstić information content (AvgIpc) is 3.03. The highest BCUT2D eigenvalue weighted by atomic mass is 16.3. The van der Waals surface area contributed by atoms with E-state index in [4.69, 9.17) is 0 Å². The van der Waals surface area contributed by atoms with Gasteiger partial charge in [0.1, 0.15) is 0 Å². The number of unbranched alkanes of at least 4 members (excludes halogenated alkanes) is 24. The third-order valence-corrected chi connectivity index (χ3v) is 8.97. The number of hydrogen-bond acceptors (Lipinski definition) is 3. The zero-order valence-electron chi connectivity index (χ0n) is 29.7. The highest BCUT2D eigenvalue weighted by Gasteiger charge is 2.19. The van der Waals surface area contributed by atoms with Crippen LogP contribution in [-0.4, -0.2) is 34.9 Å². The Morgan fingerprint density at radius 2 is 0.932 bits per heavy atom. The minimum atomic E-state index is -0.657. The minimum absolute atomic E-state index is 0.0366. The van der Waals surface area contributed by atoms with Gasteiger partial charge in [0.25, 0.3) is 0 Å². The Balaban J connectivity index is 3.55. The van der Waals surface area contributed by atoms with Gasteiger partial charge in [-0.3, -0.25) is 4.79 Å². The molecule has 3 N–H and O–H groups in total. The fourth-order valence-electron chi connectivity index (χ4n) is 5.92. The summed E-state index contributed by atoms with van der Waals surface area (Å²) in [4.78, 5) is 12.3. The zero-order valence-corrected chi connectivity index (χ0v) is 29.7. The van der Waals surface area contributed by atoms with Crippen LogP contribution in [0.3, 0.4) is 0 Å². The Kier molecular flexibility index (Phi) is 35.4. The standard InChI is InChI=1S/C40H77NO3/c1-3-5-7-9-11-13-15-17-18-19-20-21-22-24-26-28-30-32-34-36-40(44)41-38(37-42)39(43)35-33-31-29-27-25-23-16-14-12-10-8-6-4-2/h11,13,17-18,38-39,42-43H,3-10,12,14-16,19-37H2,1-2H3,(H,41,44)/b13-11-,18-17-. The molecule has 0 saturated heterocycles. The lowest BCUT2D eigenvalue weighted by molar-refractivity contribution is -0.123. The molecule has 0 aliphatic carbocycles. The molecule has 0 aromatic heterocycles. The van der Waals surface area contributed by atoms with Crippen LogP contribution < -0.4 is 5.32 Å². The molecule has 44 heavy (non-hydrogen) atoms. The lowest BCUT2D eigenvalue weighted by atomic mass is 10.0. The van der Waals surface area contributed by atoms with Crippen LogP contribution in [-0.2, 0) is 4.79 Å². The van der Waals surface area contributed by atoms with Crippen LogP contribution in [0, 0.1) is 0 Å². The first-order chi connectivity index (χ1) is 21.7. The number of carbonyl (C=O) groups excluding carboxylic acids is 1. The maximum absolute atomic E-state index is 12.3. The van der Waals surface area contributed by atoms with Crippen LogP contribution in [0.1, 0.15) is 206 Å². The quantitative estimate of drug-likeness (QED) is 0.0488. The number of aliphatic hydroxyl groups excluding tert-OH is 2. The van der Waals surface area contributed by atoms with Crippen molar-refractivity contribution in [2.75, 3.05) is 6.61 Å². The van der Waals surface area contributed by atoms with Gasteiger partial charge in [-0.05, 0) is 44.9 Å². The maximum atomic E-state index is 12.3. The van der Waals surface area contributed by atoms with Gasteiger partial charge < -0.3 is 15.5 Å². The Hall–Kier alpha value is -1.13. The van der Waals surface area contributed by atoms with Gasteiger partial charge in [-0.2, -0.15) is 0 Å². The van der Waals surface area contributed by atoms with Gasteiger partial charge in [-0.25, -0.2) is 0 Å². The number of hydrogen-bond donors (Lipinski definition) is 3. The van der Waals surface area contributed by atoms with Crippen molar-refractivity contribution in [2.45, 2.75) is 219 Å². The third kappa shape index (κ3) is 32.3. The topological polar surface area (TPSA) is 69.6 Å². The molecule has 0 spiro atoms. The van der Waals surface area contributed by atoms with Gasteiger partial charge in [0.15, 0.2) is 0 Å². The third-order valence-electron chi connectivity index (χ3n) is 8.97. The Labute approximate surface area is 275 Å². The van der Waals surface area contributed by atoms with E-state index in [1.807, 2.05) is 0 Å². The number of amides is 1. The van der Waals surface area contributed by atoms with Gasteiger partial charge in [-0.15, -0.1) is 0 Å². The summed E-state index contributed by atoms with van der Waals surface area (Å²) in [5.41, 5.74) is 0. The number of nitrogens with one attached hydrogen (secondary N) is 1.